The SMILES string of the molecule is CCCCCC(C=C(c1cc(OC(C)=O)c2c(c1)OC(C)(C)C1CC=C(C)CC21)C1CCCCC1)OC(C)=O. The normalized spacial score (nSPS) is 23.5. The van der Waals surface area contributed by atoms with Gasteiger partial charge in [-0.1, -0.05) is 50.7 Å². The van der Waals surface area contributed by atoms with Gasteiger partial charge in [-0.05, 0) is 94.6 Å². The summed E-state index contributed by atoms with van der Waals surface area (Å²) in [6.45, 7) is 11.7. The van der Waals surface area contributed by atoms with Gasteiger partial charge in [-0.15, -0.1) is 0 Å². The van der Waals surface area contributed by atoms with Crippen LogP contribution in [0.3, 0.4) is 0 Å². The minimum atomic E-state index is -0.337. The Labute approximate surface area is 235 Å². The molecule has 1 saturated carbocycles. The average molecular weight is 537 g/mol. The Kier molecular flexibility index (Phi) is 9.61. The molecular formula is C34H48O5. The molecule has 3 atom stereocenters. The van der Waals surface area contributed by atoms with E-state index in [1.165, 1.54) is 44.3 Å². The standard InChI is InChI=1S/C34H48O5/c1-7-8-10-15-27(37-23(3)35)21-28(25-13-11-9-12-14-25)26-19-31(38-24(4)36)33-29-18-22(2)16-17-30(29)34(5,6)39-32(33)20-26/h16,19-21,25,27,29-30H,7-15,17-18H2,1-6H3. The van der Waals surface area contributed by atoms with E-state index in [9.17, 15) is 9.59 Å². The first-order chi connectivity index (χ1) is 18.6. The van der Waals surface area contributed by atoms with E-state index in [0.717, 1.165) is 68.2 Å². The second kappa shape index (κ2) is 12.7. The van der Waals surface area contributed by atoms with E-state index in [2.05, 4.69) is 52.0 Å². The molecule has 2 aliphatic carbocycles. The number of ether oxygens (including phenoxy) is 3. The van der Waals surface area contributed by atoms with Gasteiger partial charge in [0.15, 0.2) is 0 Å². The summed E-state index contributed by atoms with van der Waals surface area (Å²) in [5.74, 6) is 1.79. The first kappa shape index (κ1) is 29.4. The van der Waals surface area contributed by atoms with Crippen molar-refractivity contribution in [1.82, 2.24) is 0 Å². The van der Waals surface area contributed by atoms with E-state index < -0.39 is 0 Å². The number of carbonyl (C=O) groups is 2. The fourth-order valence-corrected chi connectivity index (χ4v) is 7.02. The number of hydrogen-bond acceptors (Lipinski definition) is 5. The van der Waals surface area contributed by atoms with Gasteiger partial charge in [0.05, 0.1) is 0 Å². The third-order valence-electron chi connectivity index (χ3n) is 8.90. The Morgan fingerprint density at radius 1 is 1.10 bits per heavy atom. The van der Waals surface area contributed by atoms with E-state index >= 15 is 0 Å². The first-order valence-corrected chi connectivity index (χ1v) is 15.2. The quantitative estimate of drug-likeness (QED) is 0.137. The molecule has 0 spiro atoms. The summed E-state index contributed by atoms with van der Waals surface area (Å²) in [6.07, 6.45) is 16.0. The first-order valence-electron chi connectivity index (χ1n) is 15.2. The Morgan fingerprint density at radius 3 is 2.51 bits per heavy atom. The van der Waals surface area contributed by atoms with Crippen LogP contribution in [0.1, 0.15) is 129 Å². The van der Waals surface area contributed by atoms with Crippen molar-refractivity contribution in [2.45, 2.75) is 130 Å². The van der Waals surface area contributed by atoms with Crippen molar-refractivity contribution in [3.05, 3.63) is 41.0 Å². The van der Waals surface area contributed by atoms with E-state index in [0.29, 0.717) is 17.6 Å². The van der Waals surface area contributed by atoms with Crippen LogP contribution < -0.4 is 9.47 Å². The van der Waals surface area contributed by atoms with Gasteiger partial charge < -0.3 is 14.2 Å². The zero-order valence-electron chi connectivity index (χ0n) is 24.9. The van der Waals surface area contributed by atoms with Crippen LogP contribution in [0, 0.1) is 11.8 Å². The summed E-state index contributed by atoms with van der Waals surface area (Å²) in [6, 6.07) is 4.23. The van der Waals surface area contributed by atoms with Crippen molar-refractivity contribution in [3.63, 3.8) is 0 Å². The van der Waals surface area contributed by atoms with Crippen LogP contribution in [-0.2, 0) is 14.3 Å². The fraction of sp³-hybridized carbons (Fsp3) is 0.647. The van der Waals surface area contributed by atoms with Gasteiger partial charge in [0, 0.05) is 31.2 Å². The molecule has 0 saturated heterocycles. The second-order valence-electron chi connectivity index (χ2n) is 12.5. The summed E-state index contributed by atoms with van der Waals surface area (Å²) in [5.41, 5.74) is 4.26. The van der Waals surface area contributed by atoms with E-state index in [1.807, 2.05) is 0 Å². The lowest BCUT2D eigenvalue weighted by atomic mass is 9.67. The number of allylic oxidation sites excluding steroid dienone is 3. The second-order valence-corrected chi connectivity index (χ2v) is 12.5. The van der Waals surface area contributed by atoms with Crippen LogP contribution in [0.25, 0.3) is 5.57 Å². The van der Waals surface area contributed by atoms with Gasteiger partial charge >= 0.3 is 11.9 Å². The zero-order valence-corrected chi connectivity index (χ0v) is 24.9. The lowest BCUT2D eigenvalue weighted by molar-refractivity contribution is -0.144. The molecule has 0 N–H and O–H groups in total. The number of benzene rings is 1. The molecule has 5 nitrogen and oxygen atoms in total. The Balaban J connectivity index is 1.84. The molecule has 4 rings (SSSR count). The molecule has 3 aliphatic rings. The minimum absolute atomic E-state index is 0.238. The smallest absolute Gasteiger partial charge is 0.308 e. The summed E-state index contributed by atoms with van der Waals surface area (Å²) >= 11 is 0. The molecule has 1 aromatic rings. The number of fused-ring (bicyclic) bond motifs is 3. The summed E-state index contributed by atoms with van der Waals surface area (Å²) < 4.78 is 18.5. The summed E-state index contributed by atoms with van der Waals surface area (Å²) in [7, 11) is 0. The third kappa shape index (κ3) is 7.15. The molecule has 214 valence electrons. The molecule has 1 aromatic carbocycles. The Morgan fingerprint density at radius 2 is 1.85 bits per heavy atom. The van der Waals surface area contributed by atoms with Crippen molar-refractivity contribution in [2.75, 3.05) is 0 Å². The zero-order chi connectivity index (χ0) is 28.2. The largest absolute Gasteiger partial charge is 0.487 e. The van der Waals surface area contributed by atoms with Crippen LogP contribution in [-0.4, -0.2) is 23.6 Å². The highest BCUT2D eigenvalue weighted by molar-refractivity contribution is 5.76. The van der Waals surface area contributed by atoms with Crippen LogP contribution in [0.4, 0.5) is 0 Å². The van der Waals surface area contributed by atoms with Gasteiger partial charge in [0.25, 0.3) is 0 Å². The van der Waals surface area contributed by atoms with Crippen LogP contribution in [0.15, 0.2) is 29.9 Å². The highest BCUT2D eigenvalue weighted by atomic mass is 16.5. The molecule has 0 aromatic heterocycles. The summed E-state index contributed by atoms with van der Waals surface area (Å²) in [5, 5.41) is 0. The maximum absolute atomic E-state index is 12.3. The van der Waals surface area contributed by atoms with Crippen LogP contribution in [0.2, 0.25) is 0 Å². The number of rotatable bonds is 9. The molecular weight excluding hydrogens is 488 g/mol. The molecule has 39 heavy (non-hydrogen) atoms. The molecule has 0 amide bonds. The highest BCUT2D eigenvalue weighted by Gasteiger charge is 2.46. The number of carbonyl (C=O) groups excluding carboxylic acids is 2. The van der Waals surface area contributed by atoms with Crippen LogP contribution >= 0.6 is 0 Å². The predicted octanol–water partition coefficient (Wildman–Crippen LogP) is 8.70. The molecule has 0 radical (unpaired) electrons. The average Bonchev–Trinajstić information content (AvgIpc) is 2.86. The van der Waals surface area contributed by atoms with E-state index in [4.69, 9.17) is 14.2 Å². The van der Waals surface area contributed by atoms with Crippen molar-refractivity contribution in [2.24, 2.45) is 11.8 Å². The highest BCUT2D eigenvalue weighted by Crippen LogP contribution is 2.55. The van der Waals surface area contributed by atoms with Crippen molar-refractivity contribution in [1.29, 1.82) is 0 Å². The Bertz CT molecular complexity index is 1100. The number of esters is 2. The minimum Gasteiger partial charge on any atom is -0.487 e. The molecule has 5 heteroatoms. The van der Waals surface area contributed by atoms with Gasteiger partial charge in [-0.2, -0.15) is 0 Å². The van der Waals surface area contributed by atoms with Crippen molar-refractivity contribution in [3.8, 4) is 11.5 Å². The van der Waals surface area contributed by atoms with E-state index in [1.54, 1.807) is 0 Å². The predicted molar refractivity (Wildman–Crippen MR) is 156 cm³/mol. The molecule has 1 heterocycles. The fourth-order valence-electron chi connectivity index (χ4n) is 7.02. The maximum Gasteiger partial charge on any atom is 0.308 e. The number of hydrogen-bond donors (Lipinski definition) is 0. The van der Waals surface area contributed by atoms with Gasteiger partial charge in [0.2, 0.25) is 0 Å². The van der Waals surface area contributed by atoms with Gasteiger partial charge in [-0.3, -0.25) is 9.59 Å². The monoisotopic (exact) mass is 536 g/mol. The van der Waals surface area contributed by atoms with Crippen LogP contribution in [0.5, 0.6) is 11.5 Å². The van der Waals surface area contributed by atoms with E-state index in [-0.39, 0.29) is 29.6 Å². The number of unbranched alkanes of at least 4 members (excludes halogenated alkanes) is 2. The lowest BCUT2D eigenvalue weighted by Crippen LogP contribution is -2.45. The topological polar surface area (TPSA) is 61.8 Å². The molecule has 1 fully saturated rings. The molecule has 0 bridgehead atoms. The summed E-state index contributed by atoms with van der Waals surface area (Å²) in [4.78, 5) is 24.4. The molecule has 1 aliphatic heterocycles. The molecule has 3 unspecified atom stereocenters. The van der Waals surface area contributed by atoms with Gasteiger partial charge in [0.1, 0.15) is 23.2 Å². The van der Waals surface area contributed by atoms with Gasteiger partial charge in [-0.25, -0.2) is 0 Å². The maximum atomic E-state index is 12.3. The Hall–Kier alpha value is -2.56. The van der Waals surface area contributed by atoms with Crippen molar-refractivity contribution >= 4 is 17.5 Å². The van der Waals surface area contributed by atoms with Crippen molar-refractivity contribution < 1.29 is 23.8 Å². The lowest BCUT2D eigenvalue weighted by Gasteiger charge is -2.47. The third-order valence-corrected chi connectivity index (χ3v) is 8.90.